The Bertz CT molecular complexity index is 1220. The summed E-state index contributed by atoms with van der Waals surface area (Å²) in [6, 6.07) is 23.0. The molecule has 35 heavy (non-hydrogen) atoms. The Hall–Kier alpha value is -4.13. The molecule has 7 heteroatoms. The predicted molar refractivity (Wildman–Crippen MR) is 133 cm³/mol. The van der Waals surface area contributed by atoms with Crippen molar-refractivity contribution in [2.75, 3.05) is 18.1 Å². The minimum Gasteiger partial charge on any atom is -0.480 e. The number of anilines is 1. The summed E-state index contributed by atoms with van der Waals surface area (Å²) in [5.74, 6) is -1.82. The molecule has 0 spiro atoms. The van der Waals surface area contributed by atoms with Crippen molar-refractivity contribution in [3.05, 3.63) is 89.5 Å². The fourth-order valence-electron chi connectivity index (χ4n) is 4.42. The molecular formula is C28H28N2O5. The van der Waals surface area contributed by atoms with Gasteiger partial charge in [0, 0.05) is 11.6 Å². The number of nitrogens with zero attached hydrogens (tertiary/aromatic N) is 1. The number of carbonyl (C=O) groups is 3. The van der Waals surface area contributed by atoms with Crippen LogP contribution in [0.4, 0.5) is 10.5 Å². The number of nitrogens with one attached hydrogen (secondary N) is 1. The molecule has 3 aromatic rings. The Balaban J connectivity index is 1.46. The molecule has 3 aromatic carbocycles. The number of carboxylic acid groups (broad SMARTS) is 1. The molecule has 180 valence electrons. The third kappa shape index (κ3) is 5.04. The highest BCUT2D eigenvalue weighted by Gasteiger charge is 2.36. The number of alkyl carbamates (subject to hydrolysis) is 1. The third-order valence-electron chi connectivity index (χ3n) is 6.18. The van der Waals surface area contributed by atoms with Gasteiger partial charge >= 0.3 is 12.1 Å². The summed E-state index contributed by atoms with van der Waals surface area (Å²) in [6.45, 7) is 4.54. The Labute approximate surface area is 204 Å². The van der Waals surface area contributed by atoms with Crippen LogP contribution in [0.3, 0.4) is 0 Å². The van der Waals surface area contributed by atoms with Gasteiger partial charge in [0.25, 0.3) is 5.91 Å². The molecule has 2 amide bonds. The first kappa shape index (κ1) is 24.0. The average Bonchev–Trinajstić information content (AvgIpc) is 3.15. The van der Waals surface area contributed by atoms with Crippen LogP contribution < -0.4 is 10.2 Å². The Morgan fingerprint density at radius 3 is 2.00 bits per heavy atom. The standard InChI is InChI=1S/C28H28N2O5/c1-18-12-14-19(15-13-18)30(16-25(31)32)26(33)28(2,3)29-27(34)35-17-24-22-10-6-4-8-20(22)21-9-5-7-11-23(21)24/h4-15,24H,16-17H2,1-3H3,(H,29,34)(H,31,32). The molecule has 0 unspecified atom stereocenters. The van der Waals surface area contributed by atoms with Crippen LogP contribution in [0, 0.1) is 6.92 Å². The largest absolute Gasteiger partial charge is 0.480 e. The lowest BCUT2D eigenvalue weighted by atomic mass is 9.98. The summed E-state index contributed by atoms with van der Waals surface area (Å²) >= 11 is 0. The lowest BCUT2D eigenvalue weighted by Crippen LogP contribution is -2.57. The van der Waals surface area contributed by atoms with Crippen LogP contribution >= 0.6 is 0 Å². The summed E-state index contributed by atoms with van der Waals surface area (Å²) in [5, 5.41) is 12.0. The quantitative estimate of drug-likeness (QED) is 0.518. The zero-order valence-electron chi connectivity index (χ0n) is 19.9. The Morgan fingerprint density at radius 2 is 1.46 bits per heavy atom. The van der Waals surface area contributed by atoms with Crippen LogP contribution in [0.5, 0.6) is 0 Å². The number of benzene rings is 3. The maximum absolute atomic E-state index is 13.3. The van der Waals surface area contributed by atoms with Crippen molar-refractivity contribution in [2.45, 2.75) is 32.2 Å². The second kappa shape index (κ2) is 9.62. The second-order valence-corrected chi connectivity index (χ2v) is 9.20. The van der Waals surface area contributed by atoms with Gasteiger partial charge in [-0.3, -0.25) is 14.5 Å². The number of rotatable bonds is 7. The summed E-state index contributed by atoms with van der Waals surface area (Å²) < 4.78 is 5.57. The average molecular weight is 473 g/mol. The van der Waals surface area contributed by atoms with Crippen LogP contribution in [0.25, 0.3) is 11.1 Å². The first-order valence-electron chi connectivity index (χ1n) is 11.4. The van der Waals surface area contributed by atoms with Gasteiger partial charge in [-0.2, -0.15) is 0 Å². The molecular weight excluding hydrogens is 444 g/mol. The lowest BCUT2D eigenvalue weighted by Gasteiger charge is -2.31. The van der Waals surface area contributed by atoms with Gasteiger partial charge in [-0.15, -0.1) is 0 Å². The normalized spacial score (nSPS) is 12.4. The molecule has 4 rings (SSSR count). The first-order chi connectivity index (χ1) is 16.7. The summed E-state index contributed by atoms with van der Waals surface area (Å²) in [6.07, 6.45) is -0.746. The van der Waals surface area contributed by atoms with E-state index < -0.39 is 30.1 Å². The Morgan fingerprint density at radius 1 is 0.914 bits per heavy atom. The highest BCUT2D eigenvalue weighted by molar-refractivity contribution is 6.03. The van der Waals surface area contributed by atoms with Crippen molar-refractivity contribution in [2.24, 2.45) is 0 Å². The number of fused-ring (bicyclic) bond motifs is 3. The topological polar surface area (TPSA) is 95.9 Å². The SMILES string of the molecule is Cc1ccc(N(CC(=O)O)C(=O)C(C)(C)NC(=O)OCC2c3ccccc3-c3ccccc32)cc1. The predicted octanol–water partition coefficient (Wildman–Crippen LogP) is 4.73. The van der Waals surface area contributed by atoms with Crippen molar-refractivity contribution in [1.82, 2.24) is 5.32 Å². The zero-order valence-corrected chi connectivity index (χ0v) is 19.9. The van der Waals surface area contributed by atoms with Crippen molar-refractivity contribution in [3.8, 4) is 11.1 Å². The van der Waals surface area contributed by atoms with Gasteiger partial charge in [-0.05, 0) is 55.2 Å². The fourth-order valence-corrected chi connectivity index (χ4v) is 4.42. The van der Waals surface area contributed by atoms with E-state index in [-0.39, 0.29) is 12.5 Å². The molecule has 2 N–H and O–H groups in total. The molecule has 0 aromatic heterocycles. The molecule has 0 atom stereocenters. The van der Waals surface area contributed by atoms with E-state index in [1.54, 1.807) is 24.3 Å². The third-order valence-corrected chi connectivity index (χ3v) is 6.18. The molecule has 0 fully saturated rings. The van der Waals surface area contributed by atoms with E-state index in [1.165, 1.54) is 13.8 Å². The van der Waals surface area contributed by atoms with Gasteiger partial charge in [0.15, 0.2) is 0 Å². The van der Waals surface area contributed by atoms with Crippen LogP contribution in [0.15, 0.2) is 72.8 Å². The molecule has 0 radical (unpaired) electrons. The highest BCUT2D eigenvalue weighted by atomic mass is 16.5. The van der Waals surface area contributed by atoms with E-state index in [0.717, 1.165) is 32.7 Å². The van der Waals surface area contributed by atoms with Crippen LogP contribution in [-0.2, 0) is 14.3 Å². The molecule has 1 aliphatic carbocycles. The van der Waals surface area contributed by atoms with E-state index in [1.807, 2.05) is 43.3 Å². The smallest absolute Gasteiger partial charge is 0.408 e. The second-order valence-electron chi connectivity index (χ2n) is 9.20. The molecule has 7 nitrogen and oxygen atoms in total. The molecule has 0 aliphatic heterocycles. The summed E-state index contributed by atoms with van der Waals surface area (Å²) in [5.41, 5.74) is 4.43. The number of ether oxygens (including phenoxy) is 1. The van der Waals surface area contributed by atoms with Crippen LogP contribution in [0.1, 0.15) is 36.5 Å². The first-order valence-corrected chi connectivity index (χ1v) is 11.4. The number of amides is 2. The van der Waals surface area contributed by atoms with Crippen LogP contribution in [-0.4, -0.2) is 41.8 Å². The van der Waals surface area contributed by atoms with Crippen molar-refractivity contribution >= 4 is 23.7 Å². The van der Waals surface area contributed by atoms with Gasteiger partial charge in [0.2, 0.25) is 0 Å². The number of aryl methyl sites for hydroxylation is 1. The van der Waals surface area contributed by atoms with E-state index in [4.69, 9.17) is 4.74 Å². The van der Waals surface area contributed by atoms with E-state index in [0.29, 0.717) is 5.69 Å². The molecule has 0 saturated carbocycles. The number of hydrogen-bond donors (Lipinski definition) is 2. The maximum atomic E-state index is 13.3. The minimum atomic E-state index is -1.40. The number of carbonyl (C=O) groups excluding carboxylic acids is 2. The zero-order chi connectivity index (χ0) is 25.2. The molecule has 0 heterocycles. The highest BCUT2D eigenvalue weighted by Crippen LogP contribution is 2.44. The lowest BCUT2D eigenvalue weighted by molar-refractivity contribution is -0.137. The van der Waals surface area contributed by atoms with E-state index in [2.05, 4.69) is 17.4 Å². The van der Waals surface area contributed by atoms with Crippen molar-refractivity contribution in [3.63, 3.8) is 0 Å². The van der Waals surface area contributed by atoms with Gasteiger partial charge in [0.05, 0.1) is 0 Å². The van der Waals surface area contributed by atoms with Crippen LogP contribution in [0.2, 0.25) is 0 Å². The number of carboxylic acids is 1. The van der Waals surface area contributed by atoms with Gasteiger partial charge in [-0.1, -0.05) is 66.2 Å². The monoisotopic (exact) mass is 472 g/mol. The van der Waals surface area contributed by atoms with Gasteiger partial charge in [-0.25, -0.2) is 4.79 Å². The van der Waals surface area contributed by atoms with E-state index in [9.17, 15) is 19.5 Å². The minimum absolute atomic E-state index is 0.108. The molecule has 0 bridgehead atoms. The van der Waals surface area contributed by atoms with E-state index >= 15 is 0 Å². The van der Waals surface area contributed by atoms with Gasteiger partial charge < -0.3 is 15.2 Å². The van der Waals surface area contributed by atoms with Crippen molar-refractivity contribution < 1.29 is 24.2 Å². The summed E-state index contributed by atoms with van der Waals surface area (Å²) in [4.78, 5) is 38.6. The van der Waals surface area contributed by atoms with Gasteiger partial charge in [0.1, 0.15) is 18.7 Å². The fraction of sp³-hybridized carbons (Fsp3) is 0.250. The summed E-state index contributed by atoms with van der Waals surface area (Å²) in [7, 11) is 0. The molecule has 0 saturated heterocycles. The Kier molecular flexibility index (Phi) is 6.60. The number of hydrogen-bond acceptors (Lipinski definition) is 4. The number of aliphatic carboxylic acids is 1. The maximum Gasteiger partial charge on any atom is 0.408 e. The molecule has 1 aliphatic rings. The van der Waals surface area contributed by atoms with Crippen molar-refractivity contribution in [1.29, 1.82) is 0 Å².